The second kappa shape index (κ2) is 7.09. The summed E-state index contributed by atoms with van der Waals surface area (Å²) < 4.78 is 15.5. The summed E-state index contributed by atoms with van der Waals surface area (Å²) in [5.41, 5.74) is 2.86. The van der Waals surface area contributed by atoms with E-state index in [1.54, 1.807) is 38.6 Å². The second-order valence-electron chi connectivity index (χ2n) is 5.28. The predicted molar refractivity (Wildman–Crippen MR) is 95.9 cm³/mol. The number of pyridine rings is 1. The molecule has 0 saturated carbocycles. The van der Waals surface area contributed by atoms with Crippen molar-refractivity contribution in [2.24, 2.45) is 0 Å². The molecule has 2 aromatic carbocycles. The SMILES string of the molecule is COC(=O)c1cccc(Nc2ccnc3cc(OC)c(OC)cc23)c1. The molecule has 0 fully saturated rings. The highest BCUT2D eigenvalue weighted by molar-refractivity contribution is 5.96. The molecule has 0 bridgehead atoms. The van der Waals surface area contributed by atoms with Gasteiger partial charge in [-0.15, -0.1) is 0 Å². The third-order valence-electron chi connectivity index (χ3n) is 3.81. The van der Waals surface area contributed by atoms with Crippen LogP contribution in [0.25, 0.3) is 10.9 Å². The number of ether oxygens (including phenoxy) is 3. The van der Waals surface area contributed by atoms with Crippen molar-refractivity contribution in [3.05, 3.63) is 54.2 Å². The fraction of sp³-hybridized carbons (Fsp3) is 0.158. The van der Waals surface area contributed by atoms with Crippen molar-refractivity contribution in [1.82, 2.24) is 4.98 Å². The quantitative estimate of drug-likeness (QED) is 0.714. The largest absolute Gasteiger partial charge is 0.493 e. The van der Waals surface area contributed by atoms with Gasteiger partial charge in [0.05, 0.1) is 32.4 Å². The van der Waals surface area contributed by atoms with Gasteiger partial charge in [-0.25, -0.2) is 4.79 Å². The number of esters is 1. The average molecular weight is 338 g/mol. The number of fused-ring (bicyclic) bond motifs is 1. The molecule has 3 rings (SSSR count). The molecule has 6 heteroatoms. The molecule has 6 nitrogen and oxygen atoms in total. The molecule has 25 heavy (non-hydrogen) atoms. The topological polar surface area (TPSA) is 69.7 Å². The highest BCUT2D eigenvalue weighted by atomic mass is 16.5. The minimum absolute atomic E-state index is 0.380. The van der Waals surface area contributed by atoms with E-state index >= 15 is 0 Å². The summed E-state index contributed by atoms with van der Waals surface area (Å²) in [7, 11) is 4.54. The van der Waals surface area contributed by atoms with Gasteiger partial charge in [0, 0.05) is 29.0 Å². The standard InChI is InChI=1S/C19H18N2O4/c1-23-17-10-14-15(7-8-20-16(14)11-18(17)24-2)21-13-6-4-5-12(9-13)19(22)25-3/h4-11H,1-3H3,(H,20,21). The lowest BCUT2D eigenvalue weighted by Gasteiger charge is -2.13. The van der Waals surface area contributed by atoms with E-state index in [2.05, 4.69) is 10.3 Å². The number of aromatic nitrogens is 1. The summed E-state index contributed by atoms with van der Waals surface area (Å²) in [5.74, 6) is 0.858. The zero-order valence-electron chi connectivity index (χ0n) is 14.2. The maximum atomic E-state index is 11.7. The number of hydrogen-bond acceptors (Lipinski definition) is 6. The van der Waals surface area contributed by atoms with Gasteiger partial charge in [0.25, 0.3) is 0 Å². The van der Waals surface area contributed by atoms with Crippen molar-refractivity contribution in [3.8, 4) is 11.5 Å². The first-order valence-corrected chi connectivity index (χ1v) is 7.62. The molecular formula is C19H18N2O4. The summed E-state index contributed by atoms with van der Waals surface area (Å²) in [5, 5.41) is 4.19. The van der Waals surface area contributed by atoms with Crippen LogP contribution in [0.4, 0.5) is 11.4 Å². The number of hydrogen-bond donors (Lipinski definition) is 1. The second-order valence-corrected chi connectivity index (χ2v) is 5.28. The van der Waals surface area contributed by atoms with Gasteiger partial charge in [-0.05, 0) is 30.3 Å². The van der Waals surface area contributed by atoms with Crippen LogP contribution in [0.2, 0.25) is 0 Å². The minimum Gasteiger partial charge on any atom is -0.493 e. The normalized spacial score (nSPS) is 10.4. The summed E-state index contributed by atoms with van der Waals surface area (Å²) >= 11 is 0. The van der Waals surface area contributed by atoms with E-state index in [0.29, 0.717) is 17.1 Å². The van der Waals surface area contributed by atoms with Gasteiger partial charge in [0.15, 0.2) is 11.5 Å². The minimum atomic E-state index is -0.380. The molecule has 1 N–H and O–H groups in total. The number of rotatable bonds is 5. The lowest BCUT2D eigenvalue weighted by molar-refractivity contribution is 0.0601. The maximum absolute atomic E-state index is 11.7. The van der Waals surface area contributed by atoms with E-state index in [1.807, 2.05) is 24.3 Å². The van der Waals surface area contributed by atoms with Crippen molar-refractivity contribution in [2.75, 3.05) is 26.6 Å². The smallest absolute Gasteiger partial charge is 0.337 e. The van der Waals surface area contributed by atoms with Crippen LogP contribution in [0, 0.1) is 0 Å². The number of nitrogens with zero attached hydrogens (tertiary/aromatic N) is 1. The first-order valence-electron chi connectivity index (χ1n) is 7.62. The number of benzene rings is 2. The molecule has 0 saturated heterocycles. The average Bonchev–Trinajstić information content (AvgIpc) is 2.66. The molecule has 0 aliphatic carbocycles. The van der Waals surface area contributed by atoms with Gasteiger partial charge in [-0.2, -0.15) is 0 Å². The van der Waals surface area contributed by atoms with E-state index < -0.39 is 0 Å². The summed E-state index contributed by atoms with van der Waals surface area (Å²) in [6.07, 6.45) is 1.71. The van der Waals surface area contributed by atoms with Crippen molar-refractivity contribution in [2.45, 2.75) is 0 Å². The van der Waals surface area contributed by atoms with E-state index in [1.165, 1.54) is 7.11 Å². The van der Waals surface area contributed by atoms with E-state index in [-0.39, 0.29) is 5.97 Å². The number of anilines is 2. The van der Waals surface area contributed by atoms with E-state index in [0.717, 1.165) is 22.3 Å². The Balaban J connectivity index is 2.03. The first-order chi connectivity index (χ1) is 12.2. The number of carbonyl (C=O) groups is 1. The molecule has 0 atom stereocenters. The predicted octanol–water partition coefficient (Wildman–Crippen LogP) is 3.78. The Morgan fingerprint density at radius 3 is 2.48 bits per heavy atom. The molecule has 128 valence electrons. The Labute approximate surface area is 145 Å². The van der Waals surface area contributed by atoms with Crippen LogP contribution in [0.5, 0.6) is 11.5 Å². The van der Waals surface area contributed by atoms with Gasteiger partial charge in [-0.3, -0.25) is 4.98 Å². The molecule has 0 aliphatic heterocycles. The van der Waals surface area contributed by atoms with Crippen molar-refractivity contribution in [1.29, 1.82) is 0 Å². The third kappa shape index (κ3) is 3.33. The van der Waals surface area contributed by atoms with Crippen LogP contribution in [0.3, 0.4) is 0 Å². The molecule has 0 amide bonds. The van der Waals surface area contributed by atoms with E-state index in [4.69, 9.17) is 14.2 Å². The fourth-order valence-corrected chi connectivity index (χ4v) is 2.58. The van der Waals surface area contributed by atoms with E-state index in [9.17, 15) is 4.79 Å². The maximum Gasteiger partial charge on any atom is 0.337 e. The molecule has 1 aromatic heterocycles. The molecule has 0 aliphatic rings. The van der Waals surface area contributed by atoms with Crippen LogP contribution in [-0.2, 0) is 4.74 Å². The lowest BCUT2D eigenvalue weighted by atomic mass is 10.1. The molecule has 1 heterocycles. The molecular weight excluding hydrogens is 320 g/mol. The third-order valence-corrected chi connectivity index (χ3v) is 3.81. The molecule has 0 radical (unpaired) electrons. The van der Waals surface area contributed by atoms with Gasteiger partial charge in [0.1, 0.15) is 0 Å². The molecule has 0 unspecified atom stereocenters. The monoisotopic (exact) mass is 338 g/mol. The van der Waals surface area contributed by atoms with Crippen LogP contribution in [0.15, 0.2) is 48.7 Å². The molecule has 0 spiro atoms. The Bertz CT molecular complexity index is 924. The number of nitrogens with one attached hydrogen (secondary N) is 1. The van der Waals surface area contributed by atoms with Gasteiger partial charge in [0.2, 0.25) is 0 Å². The van der Waals surface area contributed by atoms with Gasteiger partial charge < -0.3 is 19.5 Å². The Morgan fingerprint density at radius 2 is 1.76 bits per heavy atom. The Hall–Kier alpha value is -3.28. The van der Waals surface area contributed by atoms with Crippen LogP contribution >= 0.6 is 0 Å². The van der Waals surface area contributed by atoms with Crippen molar-refractivity contribution in [3.63, 3.8) is 0 Å². The van der Waals surface area contributed by atoms with Gasteiger partial charge in [-0.1, -0.05) is 6.07 Å². The number of carbonyl (C=O) groups excluding carboxylic acids is 1. The zero-order valence-corrected chi connectivity index (χ0v) is 14.2. The fourth-order valence-electron chi connectivity index (χ4n) is 2.58. The highest BCUT2D eigenvalue weighted by Gasteiger charge is 2.11. The van der Waals surface area contributed by atoms with Crippen LogP contribution < -0.4 is 14.8 Å². The molecule has 3 aromatic rings. The van der Waals surface area contributed by atoms with Crippen LogP contribution in [-0.4, -0.2) is 32.3 Å². The Morgan fingerprint density at radius 1 is 1.00 bits per heavy atom. The summed E-state index contributed by atoms with van der Waals surface area (Å²) in [6.45, 7) is 0. The highest BCUT2D eigenvalue weighted by Crippen LogP contribution is 2.35. The van der Waals surface area contributed by atoms with Crippen LogP contribution in [0.1, 0.15) is 10.4 Å². The summed E-state index contributed by atoms with van der Waals surface area (Å²) in [6, 6.07) is 12.7. The zero-order chi connectivity index (χ0) is 17.8. The number of methoxy groups -OCH3 is 3. The summed E-state index contributed by atoms with van der Waals surface area (Å²) in [4.78, 5) is 16.1. The lowest BCUT2D eigenvalue weighted by Crippen LogP contribution is -2.02. The van der Waals surface area contributed by atoms with Crippen molar-refractivity contribution < 1.29 is 19.0 Å². The van der Waals surface area contributed by atoms with Gasteiger partial charge >= 0.3 is 5.97 Å². The Kier molecular flexibility index (Phi) is 4.70. The first kappa shape index (κ1) is 16.6. The van der Waals surface area contributed by atoms with Crippen molar-refractivity contribution >= 4 is 28.2 Å².